The van der Waals surface area contributed by atoms with Crippen molar-refractivity contribution in [3.05, 3.63) is 71.3 Å². The first-order valence-corrected chi connectivity index (χ1v) is 7.95. The normalized spacial score (nSPS) is 16.2. The van der Waals surface area contributed by atoms with E-state index in [4.69, 9.17) is 9.47 Å². The molecule has 0 unspecified atom stereocenters. The molecule has 0 bridgehead atoms. The molecule has 3 rings (SSSR count). The molecule has 0 saturated heterocycles. The van der Waals surface area contributed by atoms with Crippen molar-refractivity contribution in [2.45, 2.75) is 26.2 Å². The van der Waals surface area contributed by atoms with Crippen molar-refractivity contribution < 1.29 is 14.3 Å². The molecule has 0 saturated carbocycles. The number of ketones is 1. The molecule has 0 radical (unpaired) electrons. The van der Waals surface area contributed by atoms with Crippen LogP contribution in [0.4, 0.5) is 0 Å². The quantitative estimate of drug-likeness (QED) is 0.744. The Kier molecular flexibility index (Phi) is 5.45. The Morgan fingerprint density at radius 2 is 1.33 bits per heavy atom. The second kappa shape index (κ2) is 7.35. The molecule has 3 nitrogen and oxygen atoms in total. The zero-order chi connectivity index (χ0) is 17.7. The van der Waals surface area contributed by atoms with Crippen LogP contribution < -0.4 is 9.47 Å². The summed E-state index contributed by atoms with van der Waals surface area (Å²) in [4.78, 5) is 12.3. The average molecular weight is 324 g/mol. The minimum atomic E-state index is -0.277. The maximum absolute atomic E-state index is 12.3. The first-order chi connectivity index (χ1) is 11.5. The van der Waals surface area contributed by atoms with E-state index in [0.29, 0.717) is 17.1 Å². The number of fused-ring (bicyclic) bond motifs is 1. The summed E-state index contributed by atoms with van der Waals surface area (Å²) in [6.45, 7) is 6.01. The van der Waals surface area contributed by atoms with Gasteiger partial charge in [0.15, 0.2) is 17.3 Å². The molecule has 1 aliphatic carbocycles. The molecular weight excluding hydrogens is 300 g/mol. The van der Waals surface area contributed by atoms with Gasteiger partial charge in [0.05, 0.1) is 14.2 Å². The fraction of sp³-hybridized carbons (Fsp3) is 0.286. The number of benzene rings is 2. The second-order valence-corrected chi connectivity index (χ2v) is 6.06. The Morgan fingerprint density at radius 3 is 1.75 bits per heavy atom. The first-order valence-electron chi connectivity index (χ1n) is 7.95. The fourth-order valence-electron chi connectivity index (χ4n) is 3.03. The minimum absolute atomic E-state index is 0.0819. The van der Waals surface area contributed by atoms with Crippen molar-refractivity contribution in [1.82, 2.24) is 0 Å². The SMILES string of the molecule is C/C=C1/C(=O)c2cc(OC)c(OC)cc2C1(C)C.c1ccccc1. The predicted octanol–water partition coefficient (Wildman–Crippen LogP) is 4.81. The molecule has 24 heavy (non-hydrogen) atoms. The monoisotopic (exact) mass is 324 g/mol. The number of hydrogen-bond donors (Lipinski definition) is 0. The van der Waals surface area contributed by atoms with Crippen LogP contribution in [0.25, 0.3) is 0 Å². The molecular formula is C21H24O3. The Balaban J connectivity index is 0.000000292. The molecule has 126 valence electrons. The van der Waals surface area contributed by atoms with Crippen LogP contribution in [0.5, 0.6) is 11.5 Å². The molecule has 0 aromatic heterocycles. The van der Waals surface area contributed by atoms with Gasteiger partial charge < -0.3 is 9.47 Å². The highest BCUT2D eigenvalue weighted by Crippen LogP contribution is 2.46. The van der Waals surface area contributed by atoms with Gasteiger partial charge in [0.25, 0.3) is 0 Å². The molecule has 2 aromatic rings. The third kappa shape index (κ3) is 3.21. The summed E-state index contributed by atoms with van der Waals surface area (Å²) in [7, 11) is 3.18. The van der Waals surface area contributed by atoms with Gasteiger partial charge in [-0.25, -0.2) is 0 Å². The highest BCUT2D eigenvalue weighted by molar-refractivity contribution is 6.15. The topological polar surface area (TPSA) is 35.5 Å². The lowest BCUT2D eigenvalue weighted by Crippen LogP contribution is -2.16. The summed E-state index contributed by atoms with van der Waals surface area (Å²) in [5, 5.41) is 0. The van der Waals surface area contributed by atoms with Crippen LogP contribution >= 0.6 is 0 Å². The molecule has 3 heteroatoms. The number of ether oxygens (including phenoxy) is 2. The number of Topliss-reactive ketones (excluding diaryl/α,β-unsaturated/α-hetero) is 1. The van der Waals surface area contributed by atoms with E-state index in [1.807, 2.05) is 55.5 Å². The molecule has 0 heterocycles. The number of allylic oxidation sites excluding steroid dienone is 2. The molecule has 0 aliphatic heterocycles. The Bertz CT molecular complexity index is 716. The molecule has 0 spiro atoms. The van der Waals surface area contributed by atoms with E-state index >= 15 is 0 Å². The number of rotatable bonds is 2. The smallest absolute Gasteiger partial charge is 0.190 e. The molecule has 0 atom stereocenters. The van der Waals surface area contributed by atoms with Gasteiger partial charge in [0.1, 0.15) is 0 Å². The lowest BCUT2D eigenvalue weighted by atomic mass is 9.82. The van der Waals surface area contributed by atoms with Gasteiger partial charge in [-0.05, 0) is 24.6 Å². The van der Waals surface area contributed by atoms with Crippen molar-refractivity contribution in [2.24, 2.45) is 0 Å². The molecule has 0 N–H and O–H groups in total. The van der Waals surface area contributed by atoms with Crippen LogP contribution in [-0.2, 0) is 5.41 Å². The molecule has 1 aliphatic rings. The van der Waals surface area contributed by atoms with Crippen LogP contribution in [0, 0.1) is 0 Å². The lowest BCUT2D eigenvalue weighted by molar-refractivity contribution is 0.103. The lowest BCUT2D eigenvalue weighted by Gasteiger charge is -2.21. The van der Waals surface area contributed by atoms with E-state index in [9.17, 15) is 4.79 Å². The van der Waals surface area contributed by atoms with Crippen LogP contribution in [0.1, 0.15) is 36.7 Å². The van der Waals surface area contributed by atoms with E-state index in [1.165, 1.54) is 0 Å². The van der Waals surface area contributed by atoms with E-state index in [1.54, 1.807) is 20.3 Å². The number of carbonyl (C=O) groups excluding carboxylic acids is 1. The summed E-state index contributed by atoms with van der Waals surface area (Å²) in [6.07, 6.45) is 1.89. The van der Waals surface area contributed by atoms with E-state index in [0.717, 1.165) is 11.1 Å². The van der Waals surface area contributed by atoms with Gasteiger partial charge in [-0.3, -0.25) is 4.79 Å². The van der Waals surface area contributed by atoms with E-state index < -0.39 is 0 Å². The Morgan fingerprint density at radius 1 is 0.875 bits per heavy atom. The van der Waals surface area contributed by atoms with Gasteiger partial charge in [0, 0.05) is 16.6 Å². The van der Waals surface area contributed by atoms with Crippen LogP contribution in [0.15, 0.2) is 60.2 Å². The minimum Gasteiger partial charge on any atom is -0.493 e. The summed E-state index contributed by atoms with van der Waals surface area (Å²) in [5.41, 5.74) is 2.26. The summed E-state index contributed by atoms with van der Waals surface area (Å²) < 4.78 is 10.6. The van der Waals surface area contributed by atoms with Crippen LogP contribution in [0.3, 0.4) is 0 Å². The van der Waals surface area contributed by atoms with E-state index in [-0.39, 0.29) is 11.2 Å². The van der Waals surface area contributed by atoms with Gasteiger partial charge in [-0.15, -0.1) is 0 Å². The van der Waals surface area contributed by atoms with Crippen molar-refractivity contribution in [3.8, 4) is 11.5 Å². The molecule has 0 amide bonds. The average Bonchev–Trinajstić information content (AvgIpc) is 2.81. The van der Waals surface area contributed by atoms with Crippen molar-refractivity contribution in [2.75, 3.05) is 14.2 Å². The van der Waals surface area contributed by atoms with Gasteiger partial charge >= 0.3 is 0 Å². The van der Waals surface area contributed by atoms with Crippen molar-refractivity contribution in [1.29, 1.82) is 0 Å². The number of methoxy groups -OCH3 is 2. The maximum atomic E-state index is 12.3. The van der Waals surface area contributed by atoms with Gasteiger partial charge in [-0.2, -0.15) is 0 Å². The predicted molar refractivity (Wildman–Crippen MR) is 97.1 cm³/mol. The van der Waals surface area contributed by atoms with Gasteiger partial charge in [-0.1, -0.05) is 56.3 Å². The summed E-state index contributed by atoms with van der Waals surface area (Å²) in [5.74, 6) is 1.34. The highest BCUT2D eigenvalue weighted by Gasteiger charge is 2.41. The molecule has 2 aromatic carbocycles. The number of carbonyl (C=O) groups is 1. The largest absolute Gasteiger partial charge is 0.493 e. The molecule has 0 fully saturated rings. The van der Waals surface area contributed by atoms with Crippen LogP contribution in [-0.4, -0.2) is 20.0 Å². The third-order valence-corrected chi connectivity index (χ3v) is 4.31. The zero-order valence-corrected chi connectivity index (χ0v) is 14.9. The van der Waals surface area contributed by atoms with Gasteiger partial charge in [0.2, 0.25) is 0 Å². The van der Waals surface area contributed by atoms with Crippen molar-refractivity contribution in [3.63, 3.8) is 0 Å². The van der Waals surface area contributed by atoms with Crippen molar-refractivity contribution >= 4 is 5.78 Å². The summed E-state index contributed by atoms with van der Waals surface area (Å²) in [6, 6.07) is 15.7. The second-order valence-electron chi connectivity index (χ2n) is 6.06. The third-order valence-electron chi connectivity index (χ3n) is 4.31. The Hall–Kier alpha value is -2.55. The van der Waals surface area contributed by atoms with Crippen LogP contribution in [0.2, 0.25) is 0 Å². The maximum Gasteiger partial charge on any atom is 0.190 e. The highest BCUT2D eigenvalue weighted by atomic mass is 16.5. The standard InChI is InChI=1S/C15H18O3.C6H6/c1-6-10-14(16)9-7-12(17-4)13(18-5)8-11(9)15(10,2)3;1-2-4-6-5-3-1/h6-8H,1-5H3;1-6H/b10-6-;. The van der Waals surface area contributed by atoms with E-state index in [2.05, 4.69) is 13.8 Å². The fourth-order valence-corrected chi connectivity index (χ4v) is 3.03. The zero-order valence-electron chi connectivity index (χ0n) is 14.9. The first kappa shape index (κ1) is 17.8. The summed E-state index contributed by atoms with van der Waals surface area (Å²) >= 11 is 0. The Labute approximate surface area is 143 Å². The number of hydrogen-bond acceptors (Lipinski definition) is 3.